The Kier molecular flexibility index (Phi) is 6.02. The summed E-state index contributed by atoms with van der Waals surface area (Å²) in [5, 5.41) is 9.50. The van der Waals surface area contributed by atoms with E-state index in [1.807, 2.05) is 30.3 Å². The molecule has 7 nitrogen and oxygen atoms in total. The van der Waals surface area contributed by atoms with Gasteiger partial charge in [0.25, 0.3) is 0 Å². The summed E-state index contributed by atoms with van der Waals surface area (Å²) in [6.07, 6.45) is 2.66. The third-order valence-electron chi connectivity index (χ3n) is 6.91. The average molecular weight is 493 g/mol. The molecule has 1 atom stereocenters. The SMILES string of the molecule is CCCC[C@@H]1CN(c2ccccc2)c2cc3c(cc2S(=O)(=O)N1C)-c1cc(C(=O)O)ccc1CO3. The lowest BCUT2D eigenvalue weighted by Crippen LogP contribution is -2.40. The van der Waals surface area contributed by atoms with Gasteiger partial charge in [-0.1, -0.05) is 44.0 Å². The molecule has 3 aromatic rings. The van der Waals surface area contributed by atoms with E-state index in [-0.39, 0.29) is 23.1 Å². The van der Waals surface area contributed by atoms with Crippen LogP contribution in [0, 0.1) is 0 Å². The summed E-state index contributed by atoms with van der Waals surface area (Å²) in [6.45, 7) is 2.91. The molecule has 0 aliphatic carbocycles. The number of sulfonamides is 1. The summed E-state index contributed by atoms with van der Waals surface area (Å²) >= 11 is 0. The standard InChI is InChI=1S/C27H28N2O5S/c1-3-4-8-21-16-29(20-9-6-5-7-10-20)24-15-25-23(14-26(24)35(32,33)28(21)2)22-13-18(27(30)31)11-12-19(22)17-34-25/h5-7,9-15,21H,3-4,8,16-17H2,1-2H3,(H,30,31)/t21-/m1/s1. The lowest BCUT2D eigenvalue weighted by Gasteiger charge is -2.30. The number of anilines is 2. The van der Waals surface area contributed by atoms with Gasteiger partial charge in [0, 0.05) is 37.0 Å². The number of rotatable bonds is 5. The normalized spacial score (nSPS) is 18.6. The van der Waals surface area contributed by atoms with Gasteiger partial charge in [-0.25, -0.2) is 13.2 Å². The third kappa shape index (κ3) is 4.06. The molecule has 5 rings (SSSR count). The predicted octanol–water partition coefficient (Wildman–Crippen LogP) is 5.28. The van der Waals surface area contributed by atoms with Crippen molar-refractivity contribution < 1.29 is 23.1 Å². The zero-order valence-electron chi connectivity index (χ0n) is 19.8. The maximum atomic E-state index is 13.9. The molecule has 0 bridgehead atoms. The predicted molar refractivity (Wildman–Crippen MR) is 135 cm³/mol. The van der Waals surface area contributed by atoms with Crippen molar-refractivity contribution in [1.82, 2.24) is 4.31 Å². The fourth-order valence-electron chi connectivity index (χ4n) is 4.88. The van der Waals surface area contributed by atoms with Crippen LogP contribution >= 0.6 is 0 Å². The number of fused-ring (bicyclic) bond motifs is 4. The van der Waals surface area contributed by atoms with E-state index >= 15 is 0 Å². The molecular formula is C27H28N2O5S. The van der Waals surface area contributed by atoms with Crippen LogP contribution in [0.3, 0.4) is 0 Å². The molecule has 35 heavy (non-hydrogen) atoms. The summed E-state index contributed by atoms with van der Waals surface area (Å²) in [7, 11) is -2.17. The second-order valence-corrected chi connectivity index (χ2v) is 11.0. The number of ether oxygens (including phenoxy) is 1. The zero-order valence-corrected chi connectivity index (χ0v) is 20.6. The molecule has 3 aromatic carbocycles. The number of likely N-dealkylation sites (N-methyl/N-ethyl adjacent to an activating group) is 1. The molecule has 0 aromatic heterocycles. The molecule has 0 amide bonds. The van der Waals surface area contributed by atoms with Crippen LogP contribution in [0.1, 0.15) is 42.1 Å². The Morgan fingerprint density at radius 3 is 2.57 bits per heavy atom. The highest BCUT2D eigenvalue weighted by atomic mass is 32.2. The molecular weight excluding hydrogens is 464 g/mol. The lowest BCUT2D eigenvalue weighted by atomic mass is 9.94. The highest BCUT2D eigenvalue weighted by Gasteiger charge is 2.38. The summed E-state index contributed by atoms with van der Waals surface area (Å²) in [5.41, 5.74) is 3.72. The molecule has 2 aliphatic rings. The fourth-order valence-corrected chi connectivity index (χ4v) is 6.45. The number of para-hydroxylation sites is 1. The van der Waals surface area contributed by atoms with Gasteiger partial charge < -0.3 is 14.7 Å². The van der Waals surface area contributed by atoms with Crippen LogP contribution in [0.4, 0.5) is 11.4 Å². The highest BCUT2D eigenvalue weighted by Crippen LogP contribution is 2.46. The number of aromatic carboxylic acids is 1. The van der Waals surface area contributed by atoms with Crippen molar-refractivity contribution in [3.05, 3.63) is 71.8 Å². The Bertz CT molecular complexity index is 1390. The Balaban J connectivity index is 1.74. The second-order valence-electron chi connectivity index (χ2n) is 9.05. The molecule has 2 aliphatic heterocycles. The van der Waals surface area contributed by atoms with E-state index in [0.29, 0.717) is 29.1 Å². The largest absolute Gasteiger partial charge is 0.488 e. The van der Waals surface area contributed by atoms with Crippen LogP contribution in [0.2, 0.25) is 0 Å². The van der Waals surface area contributed by atoms with E-state index in [9.17, 15) is 18.3 Å². The van der Waals surface area contributed by atoms with Crippen LogP contribution in [0.25, 0.3) is 11.1 Å². The number of carboxylic acids is 1. The molecule has 0 unspecified atom stereocenters. The van der Waals surface area contributed by atoms with Gasteiger partial charge in [0.2, 0.25) is 10.0 Å². The first-order valence-electron chi connectivity index (χ1n) is 11.8. The monoisotopic (exact) mass is 492 g/mol. The van der Waals surface area contributed by atoms with Crippen LogP contribution in [-0.2, 0) is 16.6 Å². The lowest BCUT2D eigenvalue weighted by molar-refractivity contribution is 0.0697. The molecule has 8 heteroatoms. The number of hydrogen-bond donors (Lipinski definition) is 1. The van der Waals surface area contributed by atoms with Gasteiger partial charge in [0.15, 0.2) is 0 Å². The average Bonchev–Trinajstić information content (AvgIpc) is 2.94. The minimum absolute atomic E-state index is 0.150. The van der Waals surface area contributed by atoms with Crippen LogP contribution < -0.4 is 9.64 Å². The number of carbonyl (C=O) groups is 1. The highest BCUT2D eigenvalue weighted by molar-refractivity contribution is 7.89. The molecule has 182 valence electrons. The second kappa shape index (κ2) is 9.02. The molecule has 0 saturated carbocycles. The van der Waals surface area contributed by atoms with Gasteiger partial charge in [0.1, 0.15) is 17.3 Å². The smallest absolute Gasteiger partial charge is 0.335 e. The third-order valence-corrected chi connectivity index (χ3v) is 8.84. The van der Waals surface area contributed by atoms with Crippen molar-refractivity contribution in [3.8, 4) is 16.9 Å². The first-order chi connectivity index (χ1) is 16.8. The van der Waals surface area contributed by atoms with Crippen LogP contribution in [-0.4, -0.2) is 43.4 Å². The van der Waals surface area contributed by atoms with Crippen molar-refractivity contribution >= 4 is 27.4 Å². The first-order valence-corrected chi connectivity index (χ1v) is 13.2. The van der Waals surface area contributed by atoms with E-state index < -0.39 is 16.0 Å². The molecule has 2 heterocycles. The number of carboxylic acid groups (broad SMARTS) is 1. The van der Waals surface area contributed by atoms with Gasteiger partial charge in [-0.15, -0.1) is 0 Å². The van der Waals surface area contributed by atoms with Crippen molar-refractivity contribution in [3.63, 3.8) is 0 Å². The maximum Gasteiger partial charge on any atom is 0.335 e. The first kappa shape index (κ1) is 23.4. The van der Waals surface area contributed by atoms with E-state index in [4.69, 9.17) is 4.74 Å². The van der Waals surface area contributed by atoms with Gasteiger partial charge in [-0.2, -0.15) is 4.31 Å². The molecule has 1 N–H and O–H groups in total. The summed E-state index contributed by atoms with van der Waals surface area (Å²) in [4.78, 5) is 13.9. The minimum atomic E-state index is -3.82. The van der Waals surface area contributed by atoms with Crippen LogP contribution in [0.5, 0.6) is 5.75 Å². The van der Waals surface area contributed by atoms with Gasteiger partial charge >= 0.3 is 5.97 Å². The number of nitrogens with zero attached hydrogens (tertiary/aromatic N) is 2. The van der Waals surface area contributed by atoms with E-state index in [2.05, 4.69) is 11.8 Å². The van der Waals surface area contributed by atoms with E-state index in [1.54, 1.807) is 37.4 Å². The molecule has 0 radical (unpaired) electrons. The Hall–Kier alpha value is -3.36. The number of hydrogen-bond acceptors (Lipinski definition) is 5. The Morgan fingerprint density at radius 1 is 1.09 bits per heavy atom. The molecule has 0 saturated heterocycles. The van der Waals surface area contributed by atoms with E-state index in [0.717, 1.165) is 30.5 Å². The van der Waals surface area contributed by atoms with E-state index in [1.165, 1.54) is 4.31 Å². The maximum absolute atomic E-state index is 13.9. The fraction of sp³-hybridized carbons (Fsp3) is 0.296. The van der Waals surface area contributed by atoms with Crippen molar-refractivity contribution in [2.75, 3.05) is 18.5 Å². The van der Waals surface area contributed by atoms with Crippen molar-refractivity contribution in [1.29, 1.82) is 0 Å². The van der Waals surface area contributed by atoms with Crippen LogP contribution in [0.15, 0.2) is 65.6 Å². The number of benzene rings is 3. The van der Waals surface area contributed by atoms with Crippen molar-refractivity contribution in [2.45, 2.75) is 43.7 Å². The summed E-state index contributed by atoms with van der Waals surface area (Å²) < 4.78 is 35.4. The Labute approximate surface area is 205 Å². The van der Waals surface area contributed by atoms with Gasteiger partial charge in [-0.05, 0) is 47.9 Å². The Morgan fingerprint density at radius 2 is 1.86 bits per heavy atom. The summed E-state index contributed by atoms with van der Waals surface area (Å²) in [5.74, 6) is -0.485. The summed E-state index contributed by atoms with van der Waals surface area (Å²) in [6, 6.07) is 17.9. The van der Waals surface area contributed by atoms with Gasteiger partial charge in [-0.3, -0.25) is 0 Å². The topological polar surface area (TPSA) is 87.2 Å². The molecule has 0 fully saturated rings. The minimum Gasteiger partial charge on any atom is -0.488 e. The zero-order chi connectivity index (χ0) is 24.7. The van der Waals surface area contributed by atoms with Crippen molar-refractivity contribution in [2.24, 2.45) is 0 Å². The quantitative estimate of drug-likeness (QED) is 0.522. The molecule has 0 spiro atoms. The number of unbranched alkanes of at least 4 members (excludes halogenated alkanes) is 1. The van der Waals surface area contributed by atoms with Gasteiger partial charge in [0.05, 0.1) is 11.3 Å².